The van der Waals surface area contributed by atoms with Gasteiger partial charge in [-0.25, -0.2) is 0 Å². The molecule has 0 amide bonds. The zero-order valence-electron chi connectivity index (χ0n) is 22.0. The van der Waals surface area contributed by atoms with Gasteiger partial charge in [0.1, 0.15) is 12.7 Å². The fraction of sp³-hybridized carbons (Fsp3) is 0.435. The Morgan fingerprint density at radius 3 is 2.24 bits per heavy atom. The summed E-state index contributed by atoms with van der Waals surface area (Å²) in [4.78, 5) is 60.3. The van der Waals surface area contributed by atoms with Crippen LogP contribution < -0.4 is 5.32 Å². The summed E-state index contributed by atoms with van der Waals surface area (Å²) in [5.74, 6) is -3.56. The van der Waals surface area contributed by atoms with Crippen molar-refractivity contribution in [3.05, 3.63) is 28.3 Å². The lowest BCUT2D eigenvalue weighted by Crippen LogP contribution is -2.66. The van der Waals surface area contributed by atoms with Gasteiger partial charge in [-0.1, -0.05) is 0 Å². The minimum atomic E-state index is -1.45. The first-order chi connectivity index (χ1) is 19.3. The van der Waals surface area contributed by atoms with Crippen molar-refractivity contribution in [2.24, 2.45) is 10.2 Å². The van der Waals surface area contributed by atoms with Crippen LogP contribution in [0.5, 0.6) is 5.88 Å². The van der Waals surface area contributed by atoms with E-state index in [4.69, 9.17) is 35.9 Å². The quantitative estimate of drug-likeness (QED) is 0.0987. The van der Waals surface area contributed by atoms with E-state index in [1.165, 1.54) is 18.2 Å². The highest BCUT2D eigenvalue weighted by Crippen LogP contribution is 2.37. The first-order valence-electron chi connectivity index (χ1n) is 11.8. The van der Waals surface area contributed by atoms with Gasteiger partial charge in [0.15, 0.2) is 30.2 Å². The highest BCUT2D eigenvalue weighted by Gasteiger charge is 2.52. The molecule has 5 atom stereocenters. The number of aromatic hydroxyl groups is 1. The Morgan fingerprint density at radius 1 is 1.05 bits per heavy atom. The molecule has 0 unspecified atom stereocenters. The fourth-order valence-electron chi connectivity index (χ4n) is 3.96. The zero-order chi connectivity index (χ0) is 30.4. The van der Waals surface area contributed by atoms with Gasteiger partial charge in [0.05, 0.1) is 10.4 Å². The van der Waals surface area contributed by atoms with Crippen LogP contribution in [0.3, 0.4) is 0 Å². The van der Waals surface area contributed by atoms with E-state index < -0.39 is 71.9 Å². The number of nitrogens with zero attached hydrogens (tertiary/aromatic N) is 3. The summed E-state index contributed by atoms with van der Waals surface area (Å²) in [6, 6.07) is 3.78. The van der Waals surface area contributed by atoms with Crippen LogP contribution in [-0.2, 0) is 42.9 Å². The summed E-state index contributed by atoms with van der Waals surface area (Å²) in [6.45, 7) is 3.92. The molecule has 18 heteroatoms. The molecule has 2 heterocycles. The van der Waals surface area contributed by atoms with E-state index in [-0.39, 0.29) is 21.9 Å². The van der Waals surface area contributed by atoms with Gasteiger partial charge in [0, 0.05) is 45.2 Å². The number of non-ortho nitro benzene ring substituents is 1. The number of hydrogen-bond acceptors (Lipinski definition) is 14. The minimum Gasteiger partial charge on any atom is -0.493 e. The minimum absolute atomic E-state index is 0.158. The van der Waals surface area contributed by atoms with E-state index in [1.807, 2.05) is 0 Å². The average Bonchev–Trinajstić information content (AvgIpc) is 3.18. The molecule has 0 aliphatic carbocycles. The van der Waals surface area contributed by atoms with Gasteiger partial charge in [0.2, 0.25) is 11.0 Å². The lowest BCUT2D eigenvalue weighted by molar-refractivity contribution is -0.384. The van der Waals surface area contributed by atoms with Crippen LogP contribution in [0.15, 0.2) is 28.4 Å². The SMILES string of the molecule is CC(=O)OC[C@H]1O[C@@H](NC(=S)N=Nc2c(O)[nH]c3ccc([N+](=O)[O-])cc23)[C@H](OC(C)=O)[C@@H](OC(C)=O)[C@@H]1OC(C)=O. The number of nitro benzene ring substituents is 1. The van der Waals surface area contributed by atoms with Gasteiger partial charge in [0.25, 0.3) is 5.69 Å². The van der Waals surface area contributed by atoms with Crippen LogP contribution in [0, 0.1) is 10.1 Å². The molecule has 1 saturated heterocycles. The molecular formula is C23H25N5O12S. The molecule has 1 fully saturated rings. The van der Waals surface area contributed by atoms with Crippen molar-refractivity contribution in [1.29, 1.82) is 0 Å². The third kappa shape index (κ3) is 7.92. The van der Waals surface area contributed by atoms with Crippen molar-refractivity contribution in [2.75, 3.05) is 6.61 Å². The zero-order valence-corrected chi connectivity index (χ0v) is 22.8. The normalized spacial score (nSPS) is 22.1. The van der Waals surface area contributed by atoms with Crippen LogP contribution in [0.4, 0.5) is 11.4 Å². The number of aromatic amines is 1. The molecule has 3 rings (SSSR count). The number of carbonyl (C=O) groups is 4. The number of rotatable bonds is 8. The van der Waals surface area contributed by atoms with Crippen molar-refractivity contribution < 1.29 is 52.9 Å². The number of nitrogens with one attached hydrogen (secondary N) is 2. The molecule has 41 heavy (non-hydrogen) atoms. The van der Waals surface area contributed by atoms with E-state index in [2.05, 4.69) is 20.5 Å². The number of hydrogen-bond donors (Lipinski definition) is 3. The number of fused-ring (bicyclic) bond motifs is 1. The Morgan fingerprint density at radius 2 is 1.66 bits per heavy atom. The van der Waals surface area contributed by atoms with Gasteiger partial charge < -0.3 is 39.1 Å². The number of aromatic nitrogens is 1. The van der Waals surface area contributed by atoms with Crippen LogP contribution in [0.2, 0.25) is 0 Å². The summed E-state index contributed by atoms with van der Waals surface area (Å²) in [5, 5.41) is 31.5. The van der Waals surface area contributed by atoms with Gasteiger partial charge in [-0.2, -0.15) is 0 Å². The fourth-order valence-corrected chi connectivity index (χ4v) is 4.11. The Labute approximate surface area is 236 Å². The maximum Gasteiger partial charge on any atom is 0.303 e. The second-order valence-electron chi connectivity index (χ2n) is 8.58. The number of esters is 4. The molecule has 17 nitrogen and oxygen atoms in total. The summed E-state index contributed by atoms with van der Waals surface area (Å²) >= 11 is 5.21. The molecule has 1 aromatic carbocycles. The summed E-state index contributed by atoms with van der Waals surface area (Å²) < 4.78 is 26.8. The number of benzene rings is 1. The molecule has 0 bridgehead atoms. The molecule has 1 aliphatic heterocycles. The largest absolute Gasteiger partial charge is 0.493 e. The molecule has 1 aromatic heterocycles. The van der Waals surface area contributed by atoms with Crippen molar-refractivity contribution in [3.8, 4) is 5.88 Å². The third-order valence-electron chi connectivity index (χ3n) is 5.44. The number of thiocarbonyl (C=S) groups is 1. The van der Waals surface area contributed by atoms with Gasteiger partial charge >= 0.3 is 23.9 Å². The maximum absolute atomic E-state index is 11.9. The number of azo groups is 1. The van der Waals surface area contributed by atoms with Crippen LogP contribution in [0.25, 0.3) is 10.9 Å². The van der Waals surface area contributed by atoms with Gasteiger partial charge in [-0.3, -0.25) is 29.3 Å². The number of nitro groups is 1. The number of H-pyrrole nitrogens is 1. The van der Waals surface area contributed by atoms with Crippen molar-refractivity contribution in [1.82, 2.24) is 10.3 Å². The molecule has 0 radical (unpaired) electrons. The molecule has 2 aromatic rings. The first-order valence-corrected chi connectivity index (χ1v) is 12.2. The first kappa shape index (κ1) is 30.8. The summed E-state index contributed by atoms with van der Waals surface area (Å²) in [5.41, 5.74) is -0.0824. The van der Waals surface area contributed by atoms with Crippen LogP contribution >= 0.6 is 12.2 Å². The van der Waals surface area contributed by atoms with E-state index in [1.54, 1.807) is 0 Å². The molecule has 0 saturated carbocycles. The second kappa shape index (κ2) is 13.1. The highest BCUT2D eigenvalue weighted by molar-refractivity contribution is 7.80. The highest BCUT2D eigenvalue weighted by atomic mass is 32.1. The van der Waals surface area contributed by atoms with E-state index in [0.717, 1.165) is 27.7 Å². The summed E-state index contributed by atoms with van der Waals surface area (Å²) in [6.07, 6.45) is -6.89. The van der Waals surface area contributed by atoms with Crippen LogP contribution in [-0.4, -0.2) is 81.3 Å². The smallest absolute Gasteiger partial charge is 0.303 e. The monoisotopic (exact) mass is 595 g/mol. The molecule has 3 N–H and O–H groups in total. The van der Waals surface area contributed by atoms with Gasteiger partial charge in [-0.15, -0.1) is 10.2 Å². The Balaban J connectivity index is 1.94. The Kier molecular flexibility index (Phi) is 9.85. The predicted octanol–water partition coefficient (Wildman–Crippen LogP) is 1.82. The lowest BCUT2D eigenvalue weighted by atomic mass is 9.97. The second-order valence-corrected chi connectivity index (χ2v) is 8.97. The lowest BCUT2D eigenvalue weighted by Gasteiger charge is -2.44. The van der Waals surface area contributed by atoms with Crippen molar-refractivity contribution in [2.45, 2.75) is 58.3 Å². The average molecular weight is 596 g/mol. The third-order valence-corrected chi connectivity index (χ3v) is 5.64. The maximum atomic E-state index is 11.9. The predicted molar refractivity (Wildman–Crippen MR) is 139 cm³/mol. The van der Waals surface area contributed by atoms with Gasteiger partial charge in [-0.05, 0) is 18.3 Å². The van der Waals surface area contributed by atoms with E-state index in [9.17, 15) is 34.4 Å². The topological polar surface area (TPSA) is 230 Å². The van der Waals surface area contributed by atoms with Crippen LogP contribution in [0.1, 0.15) is 27.7 Å². The van der Waals surface area contributed by atoms with E-state index in [0.29, 0.717) is 5.52 Å². The van der Waals surface area contributed by atoms with Crippen molar-refractivity contribution in [3.63, 3.8) is 0 Å². The molecule has 220 valence electrons. The molecule has 0 spiro atoms. The summed E-state index contributed by atoms with van der Waals surface area (Å²) in [7, 11) is 0. The Hall–Kier alpha value is -4.71. The number of ether oxygens (including phenoxy) is 5. The number of carbonyl (C=O) groups excluding carboxylic acids is 4. The molecular weight excluding hydrogens is 570 g/mol. The standard InChI is InChI=1S/C23H25N5O12S/c1-9(29)36-8-16-18(37-10(2)30)19(38-11(3)31)20(39-12(4)32)22(40-16)25-23(41)27-26-17-14-7-13(28(34)35)5-6-15(14)24-21(17)33/h5-7,16,18-20,22,24,33H,8H2,1-4H3,(H,25,41)/t16-,18-,19+,20-,22-/m1/s1. The molecule has 1 aliphatic rings. The van der Waals surface area contributed by atoms with Crippen molar-refractivity contribution >= 4 is 63.5 Å². The van der Waals surface area contributed by atoms with E-state index >= 15 is 0 Å². The Bertz CT molecular complexity index is 1410.